The zero-order chi connectivity index (χ0) is 12.0. The maximum absolute atomic E-state index is 11.6. The number of hydrogen-bond acceptors (Lipinski definition) is 4. The van der Waals surface area contributed by atoms with Crippen molar-refractivity contribution >= 4 is 5.91 Å². The molecule has 3 N–H and O–H groups in total. The van der Waals surface area contributed by atoms with E-state index in [2.05, 4.69) is 10.3 Å². The van der Waals surface area contributed by atoms with Crippen molar-refractivity contribution in [2.75, 3.05) is 27.2 Å². The van der Waals surface area contributed by atoms with Crippen LogP contribution in [0.2, 0.25) is 0 Å². The number of nitrogens with one attached hydrogen (secondary N) is 1. The Bertz CT molecular complexity index is 334. The molecule has 1 heterocycles. The van der Waals surface area contributed by atoms with Crippen molar-refractivity contribution in [1.82, 2.24) is 15.2 Å². The fourth-order valence-electron chi connectivity index (χ4n) is 1.16. The van der Waals surface area contributed by atoms with Gasteiger partial charge in [0.15, 0.2) is 0 Å². The van der Waals surface area contributed by atoms with E-state index in [0.717, 1.165) is 12.1 Å². The molecule has 1 aromatic rings. The van der Waals surface area contributed by atoms with E-state index in [9.17, 15) is 4.79 Å². The molecule has 0 saturated heterocycles. The zero-order valence-electron chi connectivity index (χ0n) is 9.73. The van der Waals surface area contributed by atoms with Gasteiger partial charge in [-0.15, -0.1) is 0 Å². The first kappa shape index (κ1) is 12.6. The smallest absolute Gasteiger partial charge is 0.269 e. The molecule has 0 aliphatic heterocycles. The number of nitrogens with zero attached hydrogens (tertiary/aromatic N) is 2. The highest BCUT2D eigenvalue weighted by Gasteiger charge is 2.05. The van der Waals surface area contributed by atoms with Crippen molar-refractivity contribution in [2.24, 2.45) is 5.73 Å². The average Bonchev–Trinajstić information content (AvgIpc) is 2.28. The Morgan fingerprint density at radius 3 is 2.75 bits per heavy atom. The summed E-state index contributed by atoms with van der Waals surface area (Å²) in [6.45, 7) is 1.87. The molecule has 0 radical (unpaired) electrons. The van der Waals surface area contributed by atoms with Crippen molar-refractivity contribution in [1.29, 1.82) is 0 Å². The van der Waals surface area contributed by atoms with Gasteiger partial charge < -0.3 is 16.0 Å². The van der Waals surface area contributed by atoms with Crippen LogP contribution in [0.1, 0.15) is 16.1 Å². The van der Waals surface area contributed by atoms with Crippen LogP contribution in [0, 0.1) is 0 Å². The molecule has 1 amide bonds. The van der Waals surface area contributed by atoms with Crippen LogP contribution in [0.15, 0.2) is 18.3 Å². The molecule has 1 rings (SSSR count). The zero-order valence-corrected chi connectivity index (χ0v) is 9.73. The van der Waals surface area contributed by atoms with Crippen LogP contribution in [-0.2, 0) is 6.54 Å². The number of likely N-dealkylation sites (N-methyl/N-ethyl adjacent to an activating group) is 1. The van der Waals surface area contributed by atoms with Crippen molar-refractivity contribution in [2.45, 2.75) is 6.54 Å². The number of amides is 1. The molecule has 0 fully saturated rings. The van der Waals surface area contributed by atoms with Crippen LogP contribution in [-0.4, -0.2) is 43.0 Å². The third kappa shape index (κ3) is 3.96. The minimum atomic E-state index is -0.148. The van der Waals surface area contributed by atoms with Gasteiger partial charge in [-0.1, -0.05) is 6.07 Å². The molecule has 16 heavy (non-hydrogen) atoms. The van der Waals surface area contributed by atoms with E-state index in [1.54, 1.807) is 12.3 Å². The molecule has 0 aliphatic carbocycles. The van der Waals surface area contributed by atoms with Gasteiger partial charge in [-0.05, 0) is 25.7 Å². The van der Waals surface area contributed by atoms with Gasteiger partial charge in [0, 0.05) is 25.8 Å². The summed E-state index contributed by atoms with van der Waals surface area (Å²) in [5.74, 6) is -0.148. The van der Waals surface area contributed by atoms with Gasteiger partial charge in [0.25, 0.3) is 5.91 Å². The van der Waals surface area contributed by atoms with E-state index < -0.39 is 0 Å². The fourth-order valence-corrected chi connectivity index (χ4v) is 1.16. The monoisotopic (exact) mass is 222 g/mol. The predicted octanol–water partition coefficient (Wildman–Crippen LogP) is -0.168. The van der Waals surface area contributed by atoms with E-state index in [1.807, 2.05) is 25.1 Å². The van der Waals surface area contributed by atoms with Crippen molar-refractivity contribution in [3.63, 3.8) is 0 Å². The van der Waals surface area contributed by atoms with E-state index in [0.29, 0.717) is 18.8 Å². The van der Waals surface area contributed by atoms with Gasteiger partial charge in [0.1, 0.15) is 5.69 Å². The standard InChI is InChI=1S/C11H18N4O/c1-15(2)6-5-13-11(16)10-4-3-9(7-12)8-14-10/h3-4,8H,5-7,12H2,1-2H3,(H,13,16). The van der Waals surface area contributed by atoms with Gasteiger partial charge in [0.2, 0.25) is 0 Å². The lowest BCUT2D eigenvalue weighted by Crippen LogP contribution is -2.31. The third-order valence-corrected chi connectivity index (χ3v) is 2.14. The lowest BCUT2D eigenvalue weighted by molar-refractivity contribution is 0.0946. The Balaban J connectivity index is 2.46. The summed E-state index contributed by atoms with van der Waals surface area (Å²) in [5.41, 5.74) is 6.79. The van der Waals surface area contributed by atoms with Gasteiger partial charge >= 0.3 is 0 Å². The summed E-state index contributed by atoms with van der Waals surface area (Å²) < 4.78 is 0. The Hall–Kier alpha value is -1.46. The highest BCUT2D eigenvalue weighted by molar-refractivity contribution is 5.92. The third-order valence-electron chi connectivity index (χ3n) is 2.14. The lowest BCUT2D eigenvalue weighted by Gasteiger charge is -2.10. The molecule has 0 unspecified atom stereocenters. The fraction of sp³-hybridized carbons (Fsp3) is 0.455. The molecular weight excluding hydrogens is 204 g/mol. The van der Waals surface area contributed by atoms with Crippen molar-refractivity contribution in [3.05, 3.63) is 29.6 Å². The topological polar surface area (TPSA) is 71.2 Å². The number of carbonyl (C=O) groups excluding carboxylic acids is 1. The molecule has 0 atom stereocenters. The maximum atomic E-state index is 11.6. The van der Waals surface area contributed by atoms with Gasteiger partial charge in [-0.2, -0.15) is 0 Å². The second-order valence-corrected chi connectivity index (χ2v) is 3.81. The molecule has 0 aliphatic rings. The van der Waals surface area contributed by atoms with Crippen LogP contribution < -0.4 is 11.1 Å². The van der Waals surface area contributed by atoms with Crippen LogP contribution in [0.5, 0.6) is 0 Å². The van der Waals surface area contributed by atoms with E-state index >= 15 is 0 Å². The molecule has 1 aromatic heterocycles. The summed E-state index contributed by atoms with van der Waals surface area (Å²) in [7, 11) is 3.92. The van der Waals surface area contributed by atoms with Gasteiger partial charge in [0.05, 0.1) is 0 Å². The summed E-state index contributed by atoms with van der Waals surface area (Å²) in [4.78, 5) is 17.6. The highest BCUT2D eigenvalue weighted by atomic mass is 16.1. The first-order valence-electron chi connectivity index (χ1n) is 5.21. The van der Waals surface area contributed by atoms with Gasteiger partial charge in [-0.25, -0.2) is 0 Å². The SMILES string of the molecule is CN(C)CCNC(=O)c1ccc(CN)cn1. The number of aromatic nitrogens is 1. The van der Waals surface area contributed by atoms with Gasteiger partial charge in [-0.3, -0.25) is 9.78 Å². The van der Waals surface area contributed by atoms with Crippen LogP contribution in [0.25, 0.3) is 0 Å². The van der Waals surface area contributed by atoms with E-state index in [1.165, 1.54) is 0 Å². The summed E-state index contributed by atoms with van der Waals surface area (Å²) >= 11 is 0. The Kier molecular flexibility index (Phi) is 4.88. The number of carbonyl (C=O) groups is 1. The molecule has 0 aromatic carbocycles. The summed E-state index contributed by atoms with van der Waals surface area (Å²) in [5, 5.41) is 2.79. The summed E-state index contributed by atoms with van der Waals surface area (Å²) in [6, 6.07) is 3.50. The van der Waals surface area contributed by atoms with E-state index in [-0.39, 0.29) is 5.91 Å². The lowest BCUT2D eigenvalue weighted by atomic mass is 10.2. The van der Waals surface area contributed by atoms with E-state index in [4.69, 9.17) is 5.73 Å². The second-order valence-electron chi connectivity index (χ2n) is 3.81. The normalized spacial score (nSPS) is 10.5. The quantitative estimate of drug-likeness (QED) is 0.725. The molecule has 88 valence electrons. The van der Waals surface area contributed by atoms with Crippen LogP contribution in [0.3, 0.4) is 0 Å². The van der Waals surface area contributed by atoms with Crippen LogP contribution >= 0.6 is 0 Å². The van der Waals surface area contributed by atoms with Crippen molar-refractivity contribution in [3.8, 4) is 0 Å². The second kappa shape index (κ2) is 6.19. The molecule has 5 heteroatoms. The maximum Gasteiger partial charge on any atom is 0.269 e. The first-order chi connectivity index (χ1) is 7.63. The number of nitrogens with two attached hydrogens (primary N) is 1. The molecule has 0 spiro atoms. The Morgan fingerprint density at radius 1 is 1.50 bits per heavy atom. The van der Waals surface area contributed by atoms with Crippen LogP contribution in [0.4, 0.5) is 0 Å². The molecular formula is C11H18N4O. The largest absolute Gasteiger partial charge is 0.349 e. The average molecular weight is 222 g/mol. The first-order valence-corrected chi connectivity index (χ1v) is 5.21. The van der Waals surface area contributed by atoms with Crippen molar-refractivity contribution < 1.29 is 4.79 Å². The molecule has 0 bridgehead atoms. The minimum absolute atomic E-state index is 0.148. The number of pyridine rings is 1. The molecule has 5 nitrogen and oxygen atoms in total. The predicted molar refractivity (Wildman–Crippen MR) is 63.0 cm³/mol. The Morgan fingerprint density at radius 2 is 2.25 bits per heavy atom. The highest BCUT2D eigenvalue weighted by Crippen LogP contribution is 1.98. The summed E-state index contributed by atoms with van der Waals surface area (Å²) in [6.07, 6.45) is 1.63. The molecule has 0 saturated carbocycles. The minimum Gasteiger partial charge on any atom is -0.349 e. The Labute approximate surface area is 95.7 Å². The number of rotatable bonds is 5. The number of hydrogen-bond donors (Lipinski definition) is 2.